The van der Waals surface area contributed by atoms with Crippen LogP contribution < -0.4 is 14.8 Å². The van der Waals surface area contributed by atoms with E-state index in [1.54, 1.807) is 25.1 Å². The Morgan fingerprint density at radius 1 is 1.29 bits per heavy atom. The molecule has 1 aromatic heterocycles. The number of carbonyl (C=O) groups excluding carboxylic acids is 1. The molecule has 1 N–H and O–H groups in total. The molecule has 130 valence electrons. The van der Waals surface area contributed by atoms with Gasteiger partial charge in [0.2, 0.25) is 5.91 Å². The monoisotopic (exact) mass is 351 g/mol. The zero-order valence-corrected chi connectivity index (χ0v) is 14.9. The number of methoxy groups -OCH3 is 2. The van der Waals surface area contributed by atoms with Gasteiger partial charge in [0.25, 0.3) is 0 Å². The van der Waals surface area contributed by atoms with E-state index in [1.807, 2.05) is 25.1 Å². The number of nitrogens with one attached hydrogen (secondary N) is 1. The lowest BCUT2D eigenvalue weighted by Gasteiger charge is -2.10. The summed E-state index contributed by atoms with van der Waals surface area (Å²) in [6.07, 6.45) is 2.68. The minimum atomic E-state index is -0.0125. The van der Waals surface area contributed by atoms with Gasteiger partial charge in [0.1, 0.15) is 0 Å². The summed E-state index contributed by atoms with van der Waals surface area (Å²) in [5.41, 5.74) is 1.94. The van der Waals surface area contributed by atoms with Crippen LogP contribution >= 0.6 is 11.6 Å². The van der Waals surface area contributed by atoms with Crippen molar-refractivity contribution in [3.63, 3.8) is 0 Å². The summed E-state index contributed by atoms with van der Waals surface area (Å²) < 4.78 is 12.2. The molecule has 0 unspecified atom stereocenters. The molecule has 2 aromatic rings. The van der Waals surface area contributed by atoms with Crippen LogP contribution in [0.25, 0.3) is 0 Å². The van der Waals surface area contributed by atoms with Crippen LogP contribution in [0.3, 0.4) is 0 Å². The Balaban J connectivity index is 1.77. The van der Waals surface area contributed by atoms with Crippen LogP contribution in [0.1, 0.15) is 17.7 Å². The van der Waals surface area contributed by atoms with E-state index in [4.69, 9.17) is 21.1 Å². The lowest BCUT2D eigenvalue weighted by molar-refractivity contribution is -0.121. The van der Waals surface area contributed by atoms with E-state index in [0.29, 0.717) is 36.0 Å². The zero-order valence-electron chi connectivity index (χ0n) is 14.1. The quantitative estimate of drug-likeness (QED) is 0.794. The van der Waals surface area contributed by atoms with Gasteiger partial charge >= 0.3 is 0 Å². The topological polar surface area (TPSA) is 65.4 Å². The van der Waals surface area contributed by atoms with Crippen LogP contribution in [-0.4, -0.2) is 36.5 Å². The third-order valence-corrected chi connectivity index (χ3v) is 4.15. The smallest absolute Gasteiger partial charge is 0.221 e. The van der Waals surface area contributed by atoms with Crippen molar-refractivity contribution in [1.82, 2.24) is 15.1 Å². The Morgan fingerprint density at radius 3 is 2.67 bits per heavy atom. The second-order valence-electron chi connectivity index (χ2n) is 5.34. The third-order valence-electron chi connectivity index (χ3n) is 3.78. The van der Waals surface area contributed by atoms with Crippen LogP contribution in [0.4, 0.5) is 0 Å². The van der Waals surface area contributed by atoms with Crippen molar-refractivity contribution in [3.05, 3.63) is 40.7 Å². The predicted octanol–water partition coefficient (Wildman–Crippen LogP) is 2.61. The molecular formula is C17H22ClN3O3. The van der Waals surface area contributed by atoms with E-state index < -0.39 is 0 Å². The molecule has 2 rings (SSSR count). The number of hydrogen-bond donors (Lipinski definition) is 1. The molecule has 0 saturated carbocycles. The van der Waals surface area contributed by atoms with Crippen molar-refractivity contribution in [2.75, 3.05) is 20.8 Å². The zero-order chi connectivity index (χ0) is 17.5. The maximum Gasteiger partial charge on any atom is 0.221 e. The standard InChI is InChI=1S/C17H22ClN3O3/c1-12-14(18)11-20-21(12)9-7-17(22)19-8-6-13-4-5-15(23-2)16(10-13)24-3/h4-5,10-11H,6-9H2,1-3H3,(H,19,22). The van der Waals surface area contributed by atoms with Gasteiger partial charge in [-0.05, 0) is 31.0 Å². The molecule has 1 heterocycles. The number of ether oxygens (including phenoxy) is 2. The van der Waals surface area contributed by atoms with Gasteiger partial charge in [-0.2, -0.15) is 5.10 Å². The lowest BCUT2D eigenvalue weighted by Crippen LogP contribution is -2.26. The number of amides is 1. The fraction of sp³-hybridized carbons (Fsp3) is 0.412. The average molecular weight is 352 g/mol. The highest BCUT2D eigenvalue weighted by Crippen LogP contribution is 2.27. The van der Waals surface area contributed by atoms with Gasteiger partial charge in [-0.3, -0.25) is 9.48 Å². The van der Waals surface area contributed by atoms with Crippen molar-refractivity contribution in [2.24, 2.45) is 0 Å². The van der Waals surface area contributed by atoms with Crippen molar-refractivity contribution in [2.45, 2.75) is 26.3 Å². The number of hydrogen-bond acceptors (Lipinski definition) is 4. The highest BCUT2D eigenvalue weighted by molar-refractivity contribution is 6.31. The molecule has 0 aliphatic heterocycles. The van der Waals surface area contributed by atoms with Crippen molar-refractivity contribution >= 4 is 17.5 Å². The van der Waals surface area contributed by atoms with E-state index in [1.165, 1.54) is 0 Å². The van der Waals surface area contributed by atoms with Crippen LogP contribution in [-0.2, 0) is 17.8 Å². The molecule has 0 bridgehead atoms. The lowest BCUT2D eigenvalue weighted by atomic mass is 10.1. The first-order valence-electron chi connectivity index (χ1n) is 7.70. The van der Waals surface area contributed by atoms with Gasteiger partial charge in [-0.1, -0.05) is 17.7 Å². The van der Waals surface area contributed by atoms with Crippen molar-refractivity contribution in [1.29, 1.82) is 0 Å². The number of benzene rings is 1. The Kier molecular flexibility index (Phi) is 6.49. The summed E-state index contributed by atoms with van der Waals surface area (Å²) in [7, 11) is 3.21. The Labute approximate surface area is 146 Å². The summed E-state index contributed by atoms with van der Waals surface area (Å²) in [6.45, 7) is 2.96. The van der Waals surface area contributed by atoms with Gasteiger partial charge in [0, 0.05) is 13.0 Å². The van der Waals surface area contributed by atoms with E-state index in [0.717, 1.165) is 17.7 Å². The number of rotatable bonds is 8. The predicted molar refractivity (Wildman–Crippen MR) is 92.9 cm³/mol. The molecule has 1 aromatic carbocycles. The van der Waals surface area contributed by atoms with Crippen LogP contribution in [0.2, 0.25) is 5.02 Å². The Morgan fingerprint density at radius 2 is 2.04 bits per heavy atom. The summed E-state index contributed by atoms with van der Waals surface area (Å²) in [4.78, 5) is 11.9. The number of aryl methyl sites for hydroxylation is 1. The van der Waals surface area contributed by atoms with E-state index in [2.05, 4.69) is 10.4 Å². The number of nitrogens with zero attached hydrogens (tertiary/aromatic N) is 2. The van der Waals surface area contributed by atoms with E-state index in [-0.39, 0.29) is 5.91 Å². The normalized spacial score (nSPS) is 10.5. The van der Waals surface area contributed by atoms with E-state index in [9.17, 15) is 4.79 Å². The fourth-order valence-corrected chi connectivity index (χ4v) is 2.47. The van der Waals surface area contributed by atoms with Crippen LogP contribution in [0.15, 0.2) is 24.4 Å². The molecule has 0 fully saturated rings. The summed E-state index contributed by atoms with van der Waals surface area (Å²) in [6, 6.07) is 5.74. The molecular weight excluding hydrogens is 330 g/mol. The molecule has 0 atom stereocenters. The first-order valence-corrected chi connectivity index (χ1v) is 8.08. The minimum absolute atomic E-state index is 0.0125. The summed E-state index contributed by atoms with van der Waals surface area (Å²) in [5.74, 6) is 1.37. The molecule has 1 amide bonds. The first-order chi connectivity index (χ1) is 11.5. The molecule has 0 saturated heterocycles. The van der Waals surface area contributed by atoms with Gasteiger partial charge in [-0.25, -0.2) is 0 Å². The van der Waals surface area contributed by atoms with Gasteiger partial charge < -0.3 is 14.8 Å². The Hall–Kier alpha value is -2.21. The molecule has 0 aliphatic rings. The number of aromatic nitrogens is 2. The summed E-state index contributed by atoms with van der Waals surface area (Å²) in [5, 5.41) is 7.65. The second-order valence-corrected chi connectivity index (χ2v) is 5.75. The van der Waals surface area contributed by atoms with Gasteiger partial charge in [-0.15, -0.1) is 0 Å². The fourth-order valence-electron chi connectivity index (χ4n) is 2.33. The van der Waals surface area contributed by atoms with Gasteiger partial charge in [0.15, 0.2) is 11.5 Å². The van der Waals surface area contributed by atoms with E-state index >= 15 is 0 Å². The Bertz CT molecular complexity index is 700. The van der Waals surface area contributed by atoms with Crippen molar-refractivity contribution < 1.29 is 14.3 Å². The van der Waals surface area contributed by atoms with Crippen LogP contribution in [0.5, 0.6) is 11.5 Å². The molecule has 6 nitrogen and oxygen atoms in total. The van der Waals surface area contributed by atoms with Crippen LogP contribution in [0, 0.1) is 6.92 Å². The first kappa shape index (κ1) is 18.1. The average Bonchev–Trinajstić information content (AvgIpc) is 2.91. The third kappa shape index (κ3) is 4.64. The van der Waals surface area contributed by atoms with Gasteiger partial charge in [0.05, 0.1) is 37.7 Å². The molecule has 7 heteroatoms. The maximum absolute atomic E-state index is 11.9. The summed E-state index contributed by atoms with van der Waals surface area (Å²) >= 11 is 5.94. The largest absolute Gasteiger partial charge is 0.493 e. The van der Waals surface area contributed by atoms with Crippen molar-refractivity contribution in [3.8, 4) is 11.5 Å². The molecule has 0 radical (unpaired) electrons. The number of carbonyl (C=O) groups is 1. The highest BCUT2D eigenvalue weighted by atomic mass is 35.5. The molecule has 24 heavy (non-hydrogen) atoms. The highest BCUT2D eigenvalue weighted by Gasteiger charge is 2.08. The minimum Gasteiger partial charge on any atom is -0.493 e. The second kappa shape index (κ2) is 8.59. The SMILES string of the molecule is COc1ccc(CCNC(=O)CCn2ncc(Cl)c2C)cc1OC. The number of halogens is 1. The molecule has 0 aliphatic carbocycles. The maximum atomic E-state index is 11.9. The molecule has 0 spiro atoms.